The normalized spacial score (nSPS) is 22.9. The molecule has 10 amide bonds. The van der Waals surface area contributed by atoms with Gasteiger partial charge in [0.1, 0.15) is 71.9 Å². The van der Waals surface area contributed by atoms with Crippen LogP contribution >= 0.6 is 22.9 Å². The van der Waals surface area contributed by atoms with Crippen LogP contribution in [-0.4, -0.2) is 262 Å². The number of phenolic OH excluding ortho intramolecular Hbond substituents is 2. The van der Waals surface area contributed by atoms with Gasteiger partial charge in [0.05, 0.1) is 37.1 Å². The Kier molecular flexibility index (Phi) is 28.3. The van der Waals surface area contributed by atoms with Crippen LogP contribution in [0.25, 0.3) is 0 Å². The topological polar surface area (TPSA) is 499 Å². The molecule has 33 heteroatoms. The molecule has 0 aliphatic carbocycles. The number of aliphatic hydroxyl groups is 5. The Morgan fingerprint density at radius 3 is 1.46 bits per heavy atom. The average Bonchev–Trinajstić information content (AvgIpc) is 1.68. The molecule has 0 saturated carbocycles. The van der Waals surface area contributed by atoms with E-state index in [2.05, 4.69) is 35.4 Å². The number of carbonyl (C=O) groups excluding carboxylic acids is 10. The summed E-state index contributed by atoms with van der Waals surface area (Å²) in [7, 11) is 0. The predicted molar refractivity (Wildman–Crippen MR) is 337 cm³/mol. The lowest BCUT2D eigenvalue weighted by Gasteiger charge is -2.34. The Labute approximate surface area is 550 Å². The molecule has 2 aromatic rings. The van der Waals surface area contributed by atoms with Crippen molar-refractivity contribution in [3.8, 4) is 11.5 Å². The van der Waals surface area contributed by atoms with Gasteiger partial charge in [0.25, 0.3) is 0 Å². The molecule has 4 saturated heterocycles. The lowest BCUT2D eigenvalue weighted by molar-refractivity contribution is -0.148. The smallest absolute Gasteiger partial charge is 0.326 e. The van der Waals surface area contributed by atoms with E-state index in [1.165, 1.54) is 53.4 Å². The zero-order valence-corrected chi connectivity index (χ0v) is 54.0. The Morgan fingerprint density at radius 1 is 0.538 bits per heavy atom. The number of carbonyl (C=O) groups is 11. The number of likely N-dealkylation sites (tertiary alicyclic amines) is 4. The first-order chi connectivity index (χ1) is 44.2. The molecule has 4 aliphatic heterocycles. The van der Waals surface area contributed by atoms with E-state index in [-0.39, 0.29) is 63.1 Å². The number of benzene rings is 2. The van der Waals surface area contributed by atoms with E-state index in [9.17, 15) is 93.6 Å². The third kappa shape index (κ3) is 20.3. The minimum absolute atomic E-state index is 0.0124. The van der Waals surface area contributed by atoms with E-state index in [1.54, 1.807) is 6.92 Å². The summed E-state index contributed by atoms with van der Waals surface area (Å²) in [6, 6.07) is -4.64. The molecular formula is C60H88IN13O19. The summed E-state index contributed by atoms with van der Waals surface area (Å²) in [5.74, 6) is -10.5. The van der Waals surface area contributed by atoms with Gasteiger partial charge in [0.2, 0.25) is 59.1 Å². The molecular weight excluding hydrogens is 1330 g/mol. The molecule has 15 atom stereocenters. The fourth-order valence-corrected chi connectivity index (χ4v) is 12.2. The number of nitrogens with two attached hydrogens (primary N) is 2. The highest BCUT2D eigenvalue weighted by Gasteiger charge is 2.50. The minimum Gasteiger partial charge on any atom is -0.508 e. The quantitative estimate of drug-likeness (QED) is 0.0185. The zero-order chi connectivity index (χ0) is 68.4. The fourth-order valence-electron chi connectivity index (χ4n) is 11.9. The van der Waals surface area contributed by atoms with Crippen molar-refractivity contribution >= 4 is 87.9 Å². The number of carboxylic acid groups (broad SMARTS) is 1. The van der Waals surface area contributed by atoms with Gasteiger partial charge in [0.15, 0.2) is 0 Å². The summed E-state index contributed by atoms with van der Waals surface area (Å²) in [5.41, 5.74) is 12.0. The maximum absolute atomic E-state index is 14.9. The standard InChI is InChI=1S/C60H88IN13O19/c1-31(70-61)50(82)64-40(8-3-5-19-62)56(88)71-21-7-10-45(71)52(84)68-44(30-75)51(83)66-42(22-33-11-15-35(77)16-12-33)58(90)74-29-39(81)26-48(74)59(91)73-28-38(80)25-47(73)54(86)69-49(32(2)76)55(87)67-43(23-34-13-17-36(78)18-14-34)57(89)72-27-37(79)24-46(72)53(85)65-41(60(92)93)9-4-6-20-63/h11-18,31-32,37-49,70,75-81H,3-10,19-30,62-63H2,1-2H3,(H,64,82)(H,65,85)(H,66,83)(H,67,87)(H,68,84)(H,69,86)(H,92,93)/t31-,32+,37+,38+,39+,40-,41-,42-,43-,44-,45-,46-,47-,48-,49-/m0/s1. The molecule has 19 N–H and O–H groups in total. The lowest BCUT2D eigenvalue weighted by atomic mass is 10.0. The second-order valence-electron chi connectivity index (χ2n) is 24.1. The lowest BCUT2D eigenvalue weighted by Crippen LogP contribution is -2.62. The van der Waals surface area contributed by atoms with E-state index in [1.807, 2.05) is 22.9 Å². The van der Waals surface area contributed by atoms with Crippen LogP contribution in [0.2, 0.25) is 0 Å². The summed E-state index contributed by atoms with van der Waals surface area (Å²) in [4.78, 5) is 158. The molecule has 0 spiro atoms. The van der Waals surface area contributed by atoms with E-state index >= 15 is 0 Å². The summed E-state index contributed by atoms with van der Waals surface area (Å²) in [6.07, 6.45) is -4.88. The number of hydrogen-bond donors (Lipinski definition) is 17. The number of unbranched alkanes of at least 4 members (excludes halogenated alkanes) is 2. The number of carboxylic acids is 1. The van der Waals surface area contributed by atoms with Gasteiger partial charge >= 0.3 is 5.97 Å². The van der Waals surface area contributed by atoms with Gasteiger partial charge in [-0.1, -0.05) is 24.3 Å². The molecule has 93 heavy (non-hydrogen) atoms. The van der Waals surface area contributed by atoms with E-state index < -0.39 is 195 Å². The van der Waals surface area contributed by atoms with Crippen molar-refractivity contribution in [3.05, 3.63) is 59.7 Å². The van der Waals surface area contributed by atoms with E-state index in [0.717, 1.165) is 21.6 Å². The van der Waals surface area contributed by atoms with Crippen molar-refractivity contribution < 1.29 is 93.6 Å². The number of aliphatic hydroxyl groups excluding tert-OH is 5. The maximum atomic E-state index is 14.9. The molecule has 514 valence electrons. The highest BCUT2D eigenvalue weighted by molar-refractivity contribution is 14.1. The summed E-state index contributed by atoms with van der Waals surface area (Å²) >= 11 is 1.81. The Hall–Kier alpha value is -7.38. The van der Waals surface area contributed by atoms with E-state index in [0.29, 0.717) is 49.8 Å². The first kappa shape index (κ1) is 74.7. The molecule has 0 unspecified atom stereocenters. The third-order valence-electron chi connectivity index (χ3n) is 17.0. The van der Waals surface area contributed by atoms with Gasteiger partial charge in [-0.3, -0.25) is 47.9 Å². The third-order valence-corrected chi connectivity index (χ3v) is 17.9. The van der Waals surface area contributed by atoms with Crippen molar-refractivity contribution in [1.29, 1.82) is 0 Å². The number of amides is 10. The van der Waals surface area contributed by atoms with Crippen LogP contribution in [0.4, 0.5) is 0 Å². The predicted octanol–water partition coefficient (Wildman–Crippen LogP) is -5.29. The molecule has 0 bridgehead atoms. The number of phenols is 2. The number of halogens is 1. The second-order valence-corrected chi connectivity index (χ2v) is 24.7. The largest absolute Gasteiger partial charge is 0.508 e. The highest BCUT2D eigenvalue weighted by Crippen LogP contribution is 2.29. The molecule has 6 rings (SSSR count). The molecule has 32 nitrogen and oxygen atoms in total. The van der Waals surface area contributed by atoms with Crippen LogP contribution in [0.5, 0.6) is 11.5 Å². The van der Waals surface area contributed by atoms with Gasteiger partial charge in [0, 0.05) is 81.1 Å². The van der Waals surface area contributed by atoms with Crippen LogP contribution in [0, 0.1) is 0 Å². The van der Waals surface area contributed by atoms with Gasteiger partial charge < -0.3 is 104 Å². The summed E-state index contributed by atoms with van der Waals surface area (Å²) < 4.78 is 2.78. The van der Waals surface area contributed by atoms with Crippen LogP contribution in [0.15, 0.2) is 48.5 Å². The Morgan fingerprint density at radius 2 is 0.968 bits per heavy atom. The number of nitrogens with zero attached hydrogens (tertiary/aromatic N) is 4. The van der Waals surface area contributed by atoms with Gasteiger partial charge in [-0.15, -0.1) is 0 Å². The number of nitrogens with one attached hydrogen (secondary N) is 7. The molecule has 0 radical (unpaired) electrons. The van der Waals surface area contributed by atoms with Crippen LogP contribution < -0.4 is 46.9 Å². The van der Waals surface area contributed by atoms with Gasteiger partial charge in [-0.25, -0.2) is 8.32 Å². The van der Waals surface area contributed by atoms with Crippen molar-refractivity contribution in [2.45, 2.75) is 188 Å². The number of aromatic hydroxyl groups is 2. The zero-order valence-electron chi connectivity index (χ0n) is 51.8. The summed E-state index contributed by atoms with van der Waals surface area (Å²) in [6.45, 7) is 1.05. The molecule has 2 aromatic carbocycles. The van der Waals surface area contributed by atoms with Gasteiger partial charge in [-0.05, 0) is 114 Å². The average molecular weight is 1420 g/mol. The minimum atomic E-state index is -1.89. The Balaban J connectivity index is 1.19. The van der Waals surface area contributed by atoms with E-state index in [4.69, 9.17) is 11.5 Å². The van der Waals surface area contributed by atoms with Crippen LogP contribution in [0.1, 0.15) is 95.6 Å². The van der Waals surface area contributed by atoms with Crippen LogP contribution in [0.3, 0.4) is 0 Å². The monoisotopic (exact) mass is 1420 g/mol. The second kappa shape index (κ2) is 35.2. The number of rotatable bonds is 32. The number of β-amino-alcohol motifs (C(OH)–C–C–N with tert-alkyl or cyclic N) is 3. The van der Waals surface area contributed by atoms with Crippen molar-refractivity contribution in [2.75, 3.05) is 45.9 Å². The van der Waals surface area contributed by atoms with Crippen molar-refractivity contribution in [3.63, 3.8) is 0 Å². The first-order valence-corrected chi connectivity index (χ1v) is 32.2. The SMILES string of the molecule is C[C@H](NI)C(=O)N[C@@H](CCCCN)C(=O)N1CCC[C@H]1C(=O)N[C@@H](CO)C(=O)N[C@@H](Cc1ccc(O)cc1)C(=O)N1C[C@H](O)C[C@H]1C(=O)N1C[C@H](O)C[C@H]1C(=O)N[C@H](C(=O)N[C@@H](Cc1ccc(O)cc1)C(=O)N1C[C@H](O)C[C@H]1C(=O)N[C@@H](CCCCN)C(=O)O)[C@@H](C)O. The highest BCUT2D eigenvalue weighted by atomic mass is 127. The van der Waals surface area contributed by atoms with Crippen molar-refractivity contribution in [2.24, 2.45) is 11.5 Å². The molecule has 0 aromatic heterocycles. The molecule has 4 aliphatic rings. The van der Waals surface area contributed by atoms with Crippen LogP contribution in [-0.2, 0) is 65.6 Å². The first-order valence-electron chi connectivity index (χ1n) is 31.1. The molecule has 4 heterocycles. The van der Waals surface area contributed by atoms with Crippen molar-refractivity contribution in [1.82, 2.24) is 55.0 Å². The summed E-state index contributed by atoms with van der Waals surface area (Å²) in [5, 5.41) is 99.7. The fraction of sp³-hybridized carbons (Fsp3) is 0.617. The Bertz CT molecular complexity index is 2950. The maximum Gasteiger partial charge on any atom is 0.326 e. The number of aliphatic carboxylic acids is 1. The number of hydrogen-bond acceptors (Lipinski definition) is 21. The molecule has 4 fully saturated rings. The van der Waals surface area contributed by atoms with Gasteiger partial charge in [-0.2, -0.15) is 0 Å².